The Kier molecular flexibility index (Phi) is 4.87. The average Bonchev–Trinajstić information content (AvgIpc) is 2.86. The molecule has 0 fully saturated rings. The van der Waals surface area contributed by atoms with Gasteiger partial charge in [0.2, 0.25) is 0 Å². The van der Waals surface area contributed by atoms with E-state index in [0.29, 0.717) is 12.0 Å². The van der Waals surface area contributed by atoms with E-state index in [2.05, 4.69) is 9.69 Å². The van der Waals surface area contributed by atoms with Crippen molar-refractivity contribution in [2.45, 2.75) is 32.4 Å². The number of amides is 1. The zero-order valence-electron chi connectivity index (χ0n) is 11.5. The molecule has 0 saturated heterocycles. The van der Waals surface area contributed by atoms with Crippen molar-refractivity contribution < 1.29 is 9.90 Å². The minimum atomic E-state index is -0.617. The monoisotopic (exact) mass is 290 g/mol. The molecular weight excluding hydrogens is 272 g/mol. The van der Waals surface area contributed by atoms with Crippen LogP contribution in [0.15, 0.2) is 35.7 Å². The molecule has 2 rings (SSSR count). The normalized spacial score (nSPS) is 13.8. The number of rotatable bonds is 5. The van der Waals surface area contributed by atoms with Crippen molar-refractivity contribution in [3.63, 3.8) is 0 Å². The second-order valence-corrected chi connectivity index (χ2v) is 5.46. The number of aromatic nitrogens is 1. The lowest BCUT2D eigenvalue weighted by Gasteiger charge is -2.20. The number of carbonyl (C=O) groups is 1. The Bertz CT molecular complexity index is 568. The third-order valence-electron chi connectivity index (χ3n) is 3.22. The van der Waals surface area contributed by atoms with E-state index in [1.807, 2.05) is 30.3 Å². The molecule has 1 heterocycles. The van der Waals surface area contributed by atoms with Gasteiger partial charge in [0.05, 0.1) is 23.4 Å². The highest BCUT2D eigenvalue weighted by Crippen LogP contribution is 2.11. The molecule has 2 N–H and O–H groups in total. The minimum Gasteiger partial charge on any atom is -0.391 e. The fourth-order valence-corrected chi connectivity index (χ4v) is 2.62. The van der Waals surface area contributed by atoms with Crippen molar-refractivity contribution in [3.05, 3.63) is 52.5 Å². The molecule has 2 unspecified atom stereocenters. The van der Waals surface area contributed by atoms with E-state index in [1.165, 1.54) is 11.5 Å². The van der Waals surface area contributed by atoms with Gasteiger partial charge in [0.1, 0.15) is 0 Å². The number of benzene rings is 1. The van der Waals surface area contributed by atoms with Crippen molar-refractivity contribution >= 4 is 17.4 Å². The molecule has 0 bridgehead atoms. The molecule has 0 radical (unpaired) electrons. The van der Waals surface area contributed by atoms with Gasteiger partial charge in [-0.2, -0.15) is 4.37 Å². The Morgan fingerprint density at radius 1 is 1.40 bits per heavy atom. The zero-order chi connectivity index (χ0) is 14.5. The fourth-order valence-electron chi connectivity index (χ4n) is 1.92. The molecule has 0 saturated carbocycles. The first kappa shape index (κ1) is 14.7. The maximum absolute atomic E-state index is 12.0. The van der Waals surface area contributed by atoms with Crippen LogP contribution in [-0.2, 0) is 6.42 Å². The van der Waals surface area contributed by atoms with Gasteiger partial charge in [-0.05, 0) is 30.9 Å². The van der Waals surface area contributed by atoms with Crippen LogP contribution >= 0.6 is 11.5 Å². The molecule has 1 aromatic carbocycles. The van der Waals surface area contributed by atoms with Gasteiger partial charge in [-0.15, -0.1) is 0 Å². The zero-order valence-corrected chi connectivity index (χ0v) is 12.4. The Hall–Kier alpha value is -1.72. The first-order chi connectivity index (χ1) is 9.58. The summed E-state index contributed by atoms with van der Waals surface area (Å²) in [7, 11) is 0. The summed E-state index contributed by atoms with van der Waals surface area (Å²) in [5.41, 5.74) is 2.35. The van der Waals surface area contributed by atoms with Crippen LogP contribution in [0.3, 0.4) is 0 Å². The van der Waals surface area contributed by atoms with Crippen LogP contribution in [0.1, 0.15) is 28.5 Å². The van der Waals surface area contributed by atoms with Gasteiger partial charge in [-0.1, -0.05) is 30.3 Å². The van der Waals surface area contributed by atoms with E-state index in [1.54, 1.807) is 19.2 Å². The SMILES string of the molecule is Cc1nscc1C(=O)NC(C)C(O)Cc1ccccc1. The van der Waals surface area contributed by atoms with E-state index in [9.17, 15) is 9.90 Å². The summed E-state index contributed by atoms with van der Waals surface area (Å²) in [6.07, 6.45) is -0.100. The van der Waals surface area contributed by atoms with Gasteiger partial charge in [0.15, 0.2) is 0 Å². The maximum atomic E-state index is 12.0. The standard InChI is InChI=1S/C15H18N2O2S/c1-10-13(9-20-17-10)15(19)16-11(2)14(18)8-12-6-4-3-5-7-12/h3-7,9,11,14,18H,8H2,1-2H3,(H,16,19). The Balaban J connectivity index is 1.93. The quantitative estimate of drug-likeness (QED) is 0.887. The Labute approximate surface area is 122 Å². The van der Waals surface area contributed by atoms with Gasteiger partial charge in [-0.25, -0.2) is 0 Å². The third kappa shape index (κ3) is 3.65. The number of aliphatic hydroxyl groups excluding tert-OH is 1. The van der Waals surface area contributed by atoms with Gasteiger partial charge >= 0.3 is 0 Å². The molecule has 2 aromatic rings. The number of hydrogen-bond donors (Lipinski definition) is 2. The van der Waals surface area contributed by atoms with Crippen LogP contribution in [0.5, 0.6) is 0 Å². The summed E-state index contributed by atoms with van der Waals surface area (Å²) in [6, 6.07) is 9.42. The van der Waals surface area contributed by atoms with Crippen molar-refractivity contribution in [2.24, 2.45) is 0 Å². The molecule has 0 aliphatic rings. The second-order valence-electron chi connectivity index (χ2n) is 4.83. The maximum Gasteiger partial charge on any atom is 0.254 e. The van der Waals surface area contributed by atoms with E-state index in [4.69, 9.17) is 0 Å². The first-order valence-corrected chi connectivity index (χ1v) is 7.35. The summed E-state index contributed by atoms with van der Waals surface area (Å²) >= 11 is 1.26. The molecule has 106 valence electrons. The Morgan fingerprint density at radius 2 is 2.10 bits per heavy atom. The molecule has 0 aliphatic heterocycles. The molecule has 5 heteroatoms. The van der Waals surface area contributed by atoms with E-state index in [0.717, 1.165) is 11.3 Å². The van der Waals surface area contributed by atoms with Crippen LogP contribution in [0.4, 0.5) is 0 Å². The number of aliphatic hydroxyl groups is 1. The van der Waals surface area contributed by atoms with Gasteiger partial charge in [-0.3, -0.25) is 4.79 Å². The van der Waals surface area contributed by atoms with E-state index in [-0.39, 0.29) is 11.9 Å². The van der Waals surface area contributed by atoms with Gasteiger partial charge in [0.25, 0.3) is 5.91 Å². The lowest BCUT2D eigenvalue weighted by Crippen LogP contribution is -2.42. The molecule has 4 nitrogen and oxygen atoms in total. The molecule has 1 amide bonds. The topological polar surface area (TPSA) is 62.2 Å². The van der Waals surface area contributed by atoms with E-state index < -0.39 is 6.10 Å². The minimum absolute atomic E-state index is 0.184. The van der Waals surface area contributed by atoms with Crippen LogP contribution in [0.25, 0.3) is 0 Å². The number of nitrogens with one attached hydrogen (secondary N) is 1. The van der Waals surface area contributed by atoms with Crippen LogP contribution in [0.2, 0.25) is 0 Å². The average molecular weight is 290 g/mol. The Morgan fingerprint density at radius 3 is 2.70 bits per heavy atom. The molecular formula is C15H18N2O2S. The third-order valence-corrected chi connectivity index (χ3v) is 3.94. The molecule has 0 spiro atoms. The highest BCUT2D eigenvalue weighted by molar-refractivity contribution is 7.03. The van der Waals surface area contributed by atoms with Crippen molar-refractivity contribution in [1.82, 2.24) is 9.69 Å². The van der Waals surface area contributed by atoms with Crippen LogP contribution < -0.4 is 5.32 Å². The van der Waals surface area contributed by atoms with Crippen molar-refractivity contribution in [3.8, 4) is 0 Å². The molecule has 0 aliphatic carbocycles. The highest BCUT2D eigenvalue weighted by Gasteiger charge is 2.19. The van der Waals surface area contributed by atoms with Gasteiger partial charge < -0.3 is 10.4 Å². The largest absolute Gasteiger partial charge is 0.391 e. The summed E-state index contributed by atoms with van der Waals surface area (Å²) in [4.78, 5) is 12.0. The smallest absolute Gasteiger partial charge is 0.254 e. The van der Waals surface area contributed by atoms with E-state index >= 15 is 0 Å². The van der Waals surface area contributed by atoms with Gasteiger partial charge in [0, 0.05) is 11.8 Å². The highest BCUT2D eigenvalue weighted by atomic mass is 32.1. The fraction of sp³-hybridized carbons (Fsp3) is 0.333. The number of hydrogen-bond acceptors (Lipinski definition) is 4. The van der Waals surface area contributed by atoms with Crippen molar-refractivity contribution in [1.29, 1.82) is 0 Å². The number of nitrogens with zero attached hydrogens (tertiary/aromatic N) is 1. The summed E-state index contributed by atoms with van der Waals surface area (Å²) in [6.45, 7) is 3.61. The number of aryl methyl sites for hydroxylation is 1. The molecule has 2 atom stereocenters. The van der Waals surface area contributed by atoms with Crippen molar-refractivity contribution in [2.75, 3.05) is 0 Å². The summed E-state index contributed by atoms with van der Waals surface area (Å²) in [5, 5.41) is 14.7. The van der Waals surface area contributed by atoms with Crippen LogP contribution in [-0.4, -0.2) is 27.5 Å². The second kappa shape index (κ2) is 6.63. The molecule has 20 heavy (non-hydrogen) atoms. The van der Waals surface area contributed by atoms with Crippen LogP contribution in [0, 0.1) is 6.92 Å². The predicted octanol–water partition coefficient (Wildman–Crippen LogP) is 2.17. The summed E-state index contributed by atoms with van der Waals surface area (Å²) in [5.74, 6) is -0.184. The summed E-state index contributed by atoms with van der Waals surface area (Å²) < 4.78 is 4.08. The molecule has 1 aromatic heterocycles. The number of carbonyl (C=O) groups excluding carboxylic acids is 1. The predicted molar refractivity (Wildman–Crippen MR) is 79.9 cm³/mol. The first-order valence-electron chi connectivity index (χ1n) is 6.51. The lowest BCUT2D eigenvalue weighted by atomic mass is 10.0. The lowest BCUT2D eigenvalue weighted by molar-refractivity contribution is 0.0851.